The number of nitrogens with zero attached hydrogens (tertiary/aromatic N) is 2. The summed E-state index contributed by atoms with van der Waals surface area (Å²) in [5, 5.41) is 20.6. The van der Waals surface area contributed by atoms with Crippen LogP contribution in [-0.2, 0) is 0 Å². The second-order valence-electron chi connectivity index (χ2n) is 3.52. The van der Waals surface area contributed by atoms with Gasteiger partial charge in [-0.3, -0.25) is 14.9 Å². The number of halogens is 4. The van der Waals surface area contributed by atoms with Gasteiger partial charge >= 0.3 is 11.9 Å². The lowest BCUT2D eigenvalue weighted by Gasteiger charge is -2.14. The maximum Gasteiger partial charge on any atom is 0.416 e. The molecule has 11 heteroatoms. The average molecular weight is 314 g/mol. The Kier molecular flexibility index (Phi) is 4.84. The zero-order valence-corrected chi connectivity index (χ0v) is 10.3. The number of amides is 1. The fourth-order valence-electron chi connectivity index (χ4n) is 1.19. The van der Waals surface area contributed by atoms with Crippen LogP contribution in [-0.4, -0.2) is 39.7 Å². The molecule has 0 saturated carbocycles. The number of nitrogens with one attached hydrogen (secondary N) is 1. The van der Waals surface area contributed by atoms with Crippen LogP contribution in [0.3, 0.4) is 0 Å². The van der Waals surface area contributed by atoms with Gasteiger partial charge in [0, 0.05) is 6.20 Å². The van der Waals surface area contributed by atoms with E-state index >= 15 is 0 Å². The largest absolute Gasteiger partial charge is 0.416 e. The zero-order chi connectivity index (χ0) is 15.5. The molecule has 7 nitrogen and oxygen atoms in total. The number of aliphatic hydroxyl groups excluding tert-OH is 1. The summed E-state index contributed by atoms with van der Waals surface area (Å²) in [6.07, 6.45) is -6.69. The molecule has 0 saturated heterocycles. The summed E-state index contributed by atoms with van der Waals surface area (Å²) < 4.78 is 36.1. The van der Waals surface area contributed by atoms with Gasteiger partial charge in [0.2, 0.25) is 5.15 Å². The Balaban J connectivity index is 2.89. The smallest absolute Gasteiger partial charge is 0.382 e. The van der Waals surface area contributed by atoms with Crippen molar-refractivity contribution in [3.63, 3.8) is 0 Å². The van der Waals surface area contributed by atoms with E-state index in [1.807, 2.05) is 0 Å². The van der Waals surface area contributed by atoms with Crippen LogP contribution < -0.4 is 5.32 Å². The number of pyridine rings is 1. The normalized spacial score (nSPS) is 12.8. The number of alkyl halides is 3. The van der Waals surface area contributed by atoms with Gasteiger partial charge in [-0.2, -0.15) is 13.2 Å². The molecule has 1 heterocycles. The minimum atomic E-state index is -4.91. The number of carbonyl (C=O) groups excluding carboxylic acids is 1. The lowest BCUT2D eigenvalue weighted by Crippen LogP contribution is -2.40. The standard InChI is InChI=1S/C9H7ClF3N3O4/c10-7-6(16(19)20)4(1-2-14-7)8(18)15-3-5(17)9(11,12)13/h1-2,5,17H,3H2,(H,15,18). The molecule has 0 aromatic carbocycles. The van der Waals surface area contributed by atoms with Crippen molar-refractivity contribution in [2.75, 3.05) is 6.54 Å². The van der Waals surface area contributed by atoms with Crippen LogP contribution in [0.25, 0.3) is 0 Å². The lowest BCUT2D eigenvalue weighted by atomic mass is 10.2. The van der Waals surface area contributed by atoms with Crippen LogP contribution in [0.1, 0.15) is 10.4 Å². The quantitative estimate of drug-likeness (QED) is 0.495. The highest BCUT2D eigenvalue weighted by molar-refractivity contribution is 6.32. The molecule has 0 bridgehead atoms. The van der Waals surface area contributed by atoms with Gasteiger partial charge < -0.3 is 10.4 Å². The number of carbonyl (C=O) groups is 1. The Bertz CT molecular complexity index is 538. The van der Waals surface area contributed by atoms with Crippen molar-refractivity contribution in [2.45, 2.75) is 12.3 Å². The monoisotopic (exact) mass is 313 g/mol. The van der Waals surface area contributed by atoms with Crippen LogP contribution in [0.4, 0.5) is 18.9 Å². The topological polar surface area (TPSA) is 105 Å². The average Bonchev–Trinajstić information content (AvgIpc) is 2.33. The molecule has 2 N–H and O–H groups in total. The van der Waals surface area contributed by atoms with E-state index in [-0.39, 0.29) is 0 Å². The summed E-state index contributed by atoms with van der Waals surface area (Å²) in [5.74, 6) is -1.18. The summed E-state index contributed by atoms with van der Waals surface area (Å²) in [7, 11) is 0. The Morgan fingerprint density at radius 3 is 2.70 bits per heavy atom. The molecule has 0 radical (unpaired) electrons. The zero-order valence-electron chi connectivity index (χ0n) is 9.52. The first-order valence-electron chi connectivity index (χ1n) is 4.96. The van der Waals surface area contributed by atoms with E-state index in [0.717, 1.165) is 12.3 Å². The molecule has 0 aliphatic rings. The molecule has 0 aliphatic heterocycles. The number of nitro groups is 1. The summed E-state index contributed by atoms with van der Waals surface area (Å²) in [4.78, 5) is 24.7. The Hall–Kier alpha value is -1.94. The first-order chi connectivity index (χ1) is 9.14. The maximum absolute atomic E-state index is 12.0. The molecule has 1 atom stereocenters. The number of hydrogen-bond donors (Lipinski definition) is 2. The fourth-order valence-corrected chi connectivity index (χ4v) is 1.41. The van der Waals surface area contributed by atoms with Gasteiger partial charge in [-0.25, -0.2) is 4.98 Å². The van der Waals surface area contributed by atoms with Crippen molar-refractivity contribution in [2.24, 2.45) is 0 Å². The van der Waals surface area contributed by atoms with Crippen molar-refractivity contribution in [1.82, 2.24) is 10.3 Å². The molecule has 1 rings (SSSR count). The van der Waals surface area contributed by atoms with Crippen LogP contribution in [0.2, 0.25) is 5.15 Å². The minimum absolute atomic E-state index is 0.552. The van der Waals surface area contributed by atoms with Crippen LogP contribution >= 0.6 is 11.6 Å². The van der Waals surface area contributed by atoms with E-state index in [4.69, 9.17) is 16.7 Å². The second-order valence-corrected chi connectivity index (χ2v) is 3.88. The summed E-state index contributed by atoms with van der Waals surface area (Å²) >= 11 is 5.44. The Morgan fingerprint density at radius 1 is 1.60 bits per heavy atom. The number of rotatable bonds is 4. The van der Waals surface area contributed by atoms with Gasteiger partial charge in [-0.1, -0.05) is 11.6 Å². The van der Waals surface area contributed by atoms with Crippen molar-refractivity contribution in [1.29, 1.82) is 0 Å². The van der Waals surface area contributed by atoms with Crippen molar-refractivity contribution < 1.29 is 28.0 Å². The predicted octanol–water partition coefficient (Wildman–Crippen LogP) is 1.30. The van der Waals surface area contributed by atoms with E-state index in [1.54, 1.807) is 5.32 Å². The van der Waals surface area contributed by atoms with Crippen molar-refractivity contribution in [3.8, 4) is 0 Å². The molecule has 1 aromatic heterocycles. The van der Waals surface area contributed by atoms with Crippen LogP contribution in [0.5, 0.6) is 0 Å². The molecule has 1 aromatic rings. The van der Waals surface area contributed by atoms with Gasteiger partial charge in [-0.05, 0) is 6.07 Å². The third kappa shape index (κ3) is 3.78. The lowest BCUT2D eigenvalue weighted by molar-refractivity contribution is -0.385. The van der Waals surface area contributed by atoms with E-state index in [9.17, 15) is 28.1 Å². The molecule has 0 spiro atoms. The fraction of sp³-hybridized carbons (Fsp3) is 0.333. The van der Waals surface area contributed by atoms with Gasteiger partial charge in [0.25, 0.3) is 5.91 Å². The Labute approximate surface area is 114 Å². The molecular formula is C9H7ClF3N3O4. The molecule has 1 unspecified atom stereocenters. The molecule has 110 valence electrons. The molecule has 0 fully saturated rings. The summed E-state index contributed by atoms with van der Waals surface area (Å²) in [6.45, 7) is -1.14. The van der Waals surface area contributed by atoms with Crippen molar-refractivity contribution in [3.05, 3.63) is 33.1 Å². The highest BCUT2D eigenvalue weighted by Crippen LogP contribution is 2.26. The van der Waals surface area contributed by atoms with E-state index < -0.39 is 46.1 Å². The van der Waals surface area contributed by atoms with E-state index in [0.29, 0.717) is 0 Å². The number of aromatic nitrogens is 1. The van der Waals surface area contributed by atoms with Crippen LogP contribution in [0, 0.1) is 10.1 Å². The molecule has 20 heavy (non-hydrogen) atoms. The third-order valence-electron chi connectivity index (χ3n) is 2.14. The van der Waals surface area contributed by atoms with Gasteiger partial charge in [0.05, 0.1) is 11.5 Å². The van der Waals surface area contributed by atoms with Crippen molar-refractivity contribution >= 4 is 23.2 Å². The third-order valence-corrected chi connectivity index (χ3v) is 2.42. The summed E-state index contributed by atoms with van der Waals surface area (Å²) in [5.41, 5.74) is -1.38. The van der Waals surface area contributed by atoms with Gasteiger partial charge in [-0.15, -0.1) is 0 Å². The summed E-state index contributed by atoms with van der Waals surface area (Å²) in [6, 6.07) is 0.930. The SMILES string of the molecule is O=C(NCC(O)C(F)(F)F)c1ccnc(Cl)c1[N+](=O)[O-]. The molecule has 0 aliphatic carbocycles. The molecule has 1 amide bonds. The second kappa shape index (κ2) is 6.01. The maximum atomic E-state index is 12.0. The Morgan fingerprint density at radius 2 is 2.20 bits per heavy atom. The van der Waals surface area contributed by atoms with E-state index in [2.05, 4.69) is 4.98 Å². The number of aliphatic hydroxyl groups is 1. The van der Waals surface area contributed by atoms with E-state index in [1.165, 1.54) is 0 Å². The minimum Gasteiger partial charge on any atom is -0.382 e. The van der Waals surface area contributed by atoms with Gasteiger partial charge in [0.1, 0.15) is 5.56 Å². The predicted molar refractivity (Wildman–Crippen MR) is 60.3 cm³/mol. The van der Waals surface area contributed by atoms with Gasteiger partial charge in [0.15, 0.2) is 6.10 Å². The first kappa shape index (κ1) is 16.1. The highest BCUT2D eigenvalue weighted by Gasteiger charge is 2.38. The first-order valence-corrected chi connectivity index (χ1v) is 5.34. The molecular weight excluding hydrogens is 307 g/mol. The highest BCUT2D eigenvalue weighted by atomic mass is 35.5. The number of hydrogen-bond acceptors (Lipinski definition) is 5. The van der Waals surface area contributed by atoms with Crippen LogP contribution in [0.15, 0.2) is 12.3 Å².